The van der Waals surface area contributed by atoms with E-state index in [1.807, 2.05) is 13.1 Å². The molecule has 3 rings (SSSR count). The first-order valence-corrected chi connectivity index (χ1v) is 7.17. The molecule has 1 aromatic carbocycles. The van der Waals surface area contributed by atoms with Crippen molar-refractivity contribution in [3.05, 3.63) is 40.2 Å². The molecule has 5 heteroatoms. The third-order valence-electron chi connectivity index (χ3n) is 3.52. The van der Waals surface area contributed by atoms with Gasteiger partial charge in [-0.3, -0.25) is 4.68 Å². The first-order chi connectivity index (χ1) is 9.15. The van der Waals surface area contributed by atoms with Crippen LogP contribution in [0.25, 0.3) is 11.3 Å². The Morgan fingerprint density at radius 3 is 3.00 bits per heavy atom. The van der Waals surface area contributed by atoms with Crippen LogP contribution in [0.1, 0.15) is 24.6 Å². The van der Waals surface area contributed by atoms with E-state index >= 15 is 0 Å². The zero-order valence-electron chi connectivity index (χ0n) is 10.7. The summed E-state index contributed by atoms with van der Waals surface area (Å²) in [5.74, 6) is -0.225. The van der Waals surface area contributed by atoms with Gasteiger partial charge in [0.2, 0.25) is 0 Å². The topological polar surface area (TPSA) is 29.9 Å². The van der Waals surface area contributed by atoms with E-state index in [-0.39, 0.29) is 5.82 Å². The smallest absolute Gasteiger partial charge is 0.132 e. The molecule has 0 aliphatic carbocycles. The van der Waals surface area contributed by atoms with Gasteiger partial charge in [-0.15, -0.1) is 0 Å². The average molecular weight is 324 g/mol. The molecule has 2 aromatic rings. The minimum atomic E-state index is -0.225. The van der Waals surface area contributed by atoms with Crippen molar-refractivity contribution in [3.63, 3.8) is 0 Å². The lowest BCUT2D eigenvalue weighted by Crippen LogP contribution is -2.13. The van der Waals surface area contributed by atoms with Crippen LogP contribution < -0.4 is 5.32 Å². The van der Waals surface area contributed by atoms with Gasteiger partial charge in [-0.1, -0.05) is 15.9 Å². The predicted octanol–water partition coefficient (Wildman–Crippen LogP) is 3.41. The molecule has 100 valence electrons. The molecular weight excluding hydrogens is 309 g/mol. The highest BCUT2D eigenvalue weighted by molar-refractivity contribution is 9.10. The van der Waals surface area contributed by atoms with E-state index < -0.39 is 0 Å². The van der Waals surface area contributed by atoms with Gasteiger partial charge < -0.3 is 5.32 Å². The number of nitrogens with zero attached hydrogens (tertiary/aromatic N) is 2. The summed E-state index contributed by atoms with van der Waals surface area (Å²) in [6.45, 7) is 1.03. The minimum absolute atomic E-state index is 0.225. The Labute approximate surface area is 119 Å². The van der Waals surface area contributed by atoms with Crippen LogP contribution in [0, 0.1) is 5.82 Å². The number of benzene rings is 1. The third kappa shape index (κ3) is 2.44. The van der Waals surface area contributed by atoms with Crippen molar-refractivity contribution >= 4 is 15.9 Å². The molecule has 0 saturated carbocycles. The molecule has 1 aromatic heterocycles. The molecule has 0 bridgehead atoms. The number of nitrogens with one attached hydrogen (secondary N) is 1. The maximum Gasteiger partial charge on any atom is 0.132 e. The molecule has 1 aliphatic rings. The van der Waals surface area contributed by atoms with Gasteiger partial charge in [-0.25, -0.2) is 4.39 Å². The van der Waals surface area contributed by atoms with Crippen LogP contribution >= 0.6 is 15.9 Å². The van der Waals surface area contributed by atoms with Crippen LogP contribution in [0.2, 0.25) is 0 Å². The lowest BCUT2D eigenvalue weighted by atomic mass is 10.1. The van der Waals surface area contributed by atoms with Crippen LogP contribution in [-0.4, -0.2) is 16.3 Å². The summed E-state index contributed by atoms with van der Waals surface area (Å²) in [4.78, 5) is 0. The number of hydrogen-bond acceptors (Lipinski definition) is 2. The first-order valence-electron chi connectivity index (χ1n) is 6.38. The molecule has 1 unspecified atom stereocenters. The zero-order chi connectivity index (χ0) is 13.4. The molecule has 19 heavy (non-hydrogen) atoms. The van der Waals surface area contributed by atoms with Crippen LogP contribution in [0.5, 0.6) is 0 Å². The van der Waals surface area contributed by atoms with E-state index in [9.17, 15) is 4.39 Å². The molecule has 1 aliphatic heterocycles. The maximum atomic E-state index is 13.9. The fraction of sp³-hybridized carbons (Fsp3) is 0.357. The summed E-state index contributed by atoms with van der Waals surface area (Å²) in [6, 6.07) is 7.25. The summed E-state index contributed by atoms with van der Waals surface area (Å²) < 4.78 is 16.6. The van der Waals surface area contributed by atoms with E-state index in [0.717, 1.165) is 28.8 Å². The van der Waals surface area contributed by atoms with Crippen LogP contribution in [0.4, 0.5) is 4.39 Å². The lowest BCUT2D eigenvalue weighted by molar-refractivity contribution is 0.606. The molecule has 1 saturated heterocycles. The van der Waals surface area contributed by atoms with Gasteiger partial charge in [-0.2, -0.15) is 5.10 Å². The zero-order valence-corrected chi connectivity index (χ0v) is 12.2. The monoisotopic (exact) mass is 323 g/mol. The Bertz CT molecular complexity index is 603. The summed E-state index contributed by atoms with van der Waals surface area (Å²) in [5.41, 5.74) is 2.38. The molecule has 0 amide bonds. The van der Waals surface area contributed by atoms with Gasteiger partial charge in [0, 0.05) is 17.1 Å². The fourth-order valence-corrected chi connectivity index (χ4v) is 2.90. The first kappa shape index (κ1) is 12.8. The highest BCUT2D eigenvalue weighted by atomic mass is 79.9. The second-order valence-electron chi connectivity index (χ2n) is 4.85. The highest BCUT2D eigenvalue weighted by Gasteiger charge is 2.21. The van der Waals surface area contributed by atoms with Crippen LogP contribution in [-0.2, 0) is 7.05 Å². The van der Waals surface area contributed by atoms with Crippen molar-refractivity contribution < 1.29 is 4.39 Å². The van der Waals surface area contributed by atoms with Crippen molar-refractivity contribution in [1.29, 1.82) is 0 Å². The van der Waals surface area contributed by atoms with Crippen molar-refractivity contribution in [1.82, 2.24) is 15.1 Å². The van der Waals surface area contributed by atoms with Crippen molar-refractivity contribution in [3.8, 4) is 11.3 Å². The van der Waals surface area contributed by atoms with E-state index in [1.54, 1.807) is 16.8 Å². The van der Waals surface area contributed by atoms with Gasteiger partial charge in [0.15, 0.2) is 0 Å². The van der Waals surface area contributed by atoms with E-state index in [1.165, 1.54) is 12.5 Å². The lowest BCUT2D eigenvalue weighted by Gasteiger charge is -2.04. The summed E-state index contributed by atoms with van der Waals surface area (Å²) in [7, 11) is 1.86. The second kappa shape index (κ2) is 5.06. The van der Waals surface area contributed by atoms with Crippen molar-refractivity contribution in [2.45, 2.75) is 18.9 Å². The van der Waals surface area contributed by atoms with Gasteiger partial charge in [-0.05, 0) is 43.7 Å². The van der Waals surface area contributed by atoms with Gasteiger partial charge in [0.25, 0.3) is 0 Å². The molecular formula is C14H15BrFN3. The van der Waals surface area contributed by atoms with E-state index in [4.69, 9.17) is 0 Å². The Morgan fingerprint density at radius 1 is 1.42 bits per heavy atom. The largest absolute Gasteiger partial charge is 0.309 e. The summed E-state index contributed by atoms with van der Waals surface area (Å²) in [6.07, 6.45) is 2.26. The Hall–Kier alpha value is -1.20. The second-order valence-corrected chi connectivity index (χ2v) is 5.77. The van der Waals surface area contributed by atoms with Crippen molar-refractivity contribution in [2.24, 2.45) is 7.05 Å². The molecule has 0 radical (unpaired) electrons. The van der Waals surface area contributed by atoms with E-state index in [2.05, 4.69) is 26.3 Å². The number of hydrogen-bond donors (Lipinski definition) is 1. The molecule has 2 heterocycles. The van der Waals surface area contributed by atoms with Gasteiger partial charge in [0.1, 0.15) is 5.82 Å². The van der Waals surface area contributed by atoms with Gasteiger partial charge in [0.05, 0.1) is 17.4 Å². The molecule has 1 N–H and O–H groups in total. The Morgan fingerprint density at radius 2 is 2.26 bits per heavy atom. The predicted molar refractivity (Wildman–Crippen MR) is 76.3 cm³/mol. The Kier molecular flexibility index (Phi) is 3.41. The average Bonchev–Trinajstić information content (AvgIpc) is 3.01. The van der Waals surface area contributed by atoms with E-state index in [0.29, 0.717) is 11.6 Å². The normalized spacial score (nSPS) is 19.0. The third-order valence-corrected chi connectivity index (χ3v) is 4.01. The fourth-order valence-electron chi connectivity index (χ4n) is 2.54. The molecule has 0 spiro atoms. The quantitative estimate of drug-likeness (QED) is 0.917. The van der Waals surface area contributed by atoms with Crippen molar-refractivity contribution in [2.75, 3.05) is 6.54 Å². The number of aryl methyl sites for hydroxylation is 1. The number of rotatable bonds is 2. The Balaban J connectivity index is 2.02. The number of aromatic nitrogens is 2. The highest BCUT2D eigenvalue weighted by Crippen LogP contribution is 2.30. The molecule has 1 atom stereocenters. The minimum Gasteiger partial charge on any atom is -0.309 e. The van der Waals surface area contributed by atoms with Gasteiger partial charge >= 0.3 is 0 Å². The summed E-state index contributed by atoms with van der Waals surface area (Å²) >= 11 is 3.38. The standard InChI is InChI=1S/C14H15BrFN3/c1-19-14(10-7-9(15)4-5-11(10)16)8-13(18-19)12-3-2-6-17-12/h4-5,7-8,12,17H,2-3,6H2,1H3. The van der Waals surface area contributed by atoms with Crippen LogP contribution in [0.3, 0.4) is 0 Å². The van der Waals surface area contributed by atoms with Crippen LogP contribution in [0.15, 0.2) is 28.7 Å². The number of halogens is 2. The maximum absolute atomic E-state index is 13.9. The molecule has 3 nitrogen and oxygen atoms in total. The summed E-state index contributed by atoms with van der Waals surface area (Å²) in [5, 5.41) is 7.92. The molecule has 1 fully saturated rings. The SMILES string of the molecule is Cn1nc(C2CCCN2)cc1-c1cc(Br)ccc1F.